The molecule has 1 saturated heterocycles. The van der Waals surface area contributed by atoms with E-state index in [2.05, 4.69) is 41.1 Å². The topological polar surface area (TPSA) is 54.3 Å². The van der Waals surface area contributed by atoms with Crippen LogP contribution in [0.15, 0.2) is 54.7 Å². The van der Waals surface area contributed by atoms with E-state index in [0.29, 0.717) is 13.1 Å². The van der Waals surface area contributed by atoms with E-state index >= 15 is 0 Å². The summed E-state index contributed by atoms with van der Waals surface area (Å²) in [4.78, 5) is 23.6. The highest BCUT2D eigenvalue weighted by Crippen LogP contribution is 2.31. The summed E-state index contributed by atoms with van der Waals surface area (Å²) in [6, 6.07) is 16.2. The van der Waals surface area contributed by atoms with Gasteiger partial charge in [-0.05, 0) is 44.2 Å². The van der Waals surface area contributed by atoms with E-state index in [0.717, 1.165) is 45.4 Å². The molecule has 4 aromatic rings. The normalized spacial score (nSPS) is 14.5. The van der Waals surface area contributed by atoms with E-state index in [1.54, 1.807) is 0 Å². The molecule has 0 aliphatic carbocycles. The molecular weight excluding hydrogens is 394 g/mol. The van der Waals surface area contributed by atoms with Crippen LogP contribution >= 0.6 is 11.3 Å². The van der Waals surface area contributed by atoms with Crippen molar-refractivity contribution in [2.45, 2.75) is 13.8 Å². The number of aryl methyl sites for hydroxylation is 2. The van der Waals surface area contributed by atoms with Gasteiger partial charge in [-0.1, -0.05) is 23.8 Å². The van der Waals surface area contributed by atoms with Gasteiger partial charge < -0.3 is 9.80 Å². The maximum absolute atomic E-state index is 13.2. The largest absolute Gasteiger partial charge is 0.353 e. The maximum atomic E-state index is 13.2. The van der Waals surface area contributed by atoms with Gasteiger partial charge in [-0.2, -0.15) is 5.10 Å². The number of hydrogen-bond acceptors (Lipinski definition) is 5. The van der Waals surface area contributed by atoms with E-state index in [-0.39, 0.29) is 5.91 Å². The molecule has 1 amide bonds. The summed E-state index contributed by atoms with van der Waals surface area (Å²) < 4.78 is 1.95. The van der Waals surface area contributed by atoms with Gasteiger partial charge in [0.25, 0.3) is 5.91 Å². The Labute approximate surface area is 179 Å². The predicted octanol–water partition coefficient (Wildman–Crippen LogP) is 4.06. The number of carbonyl (C=O) groups is 1. The van der Waals surface area contributed by atoms with E-state index < -0.39 is 0 Å². The summed E-state index contributed by atoms with van der Waals surface area (Å²) in [5, 5.41) is 5.75. The number of carbonyl (C=O) groups excluding carboxylic acids is 1. The molecule has 0 spiro atoms. The van der Waals surface area contributed by atoms with Crippen molar-refractivity contribution in [3.05, 3.63) is 70.9 Å². The molecule has 0 N–H and O–H groups in total. The fourth-order valence-corrected chi connectivity index (χ4v) is 5.00. The summed E-state index contributed by atoms with van der Waals surface area (Å²) in [5.74, 6) is 1.08. The lowest BCUT2D eigenvalue weighted by atomic mass is 10.2. The Morgan fingerprint density at radius 2 is 1.77 bits per heavy atom. The lowest BCUT2D eigenvalue weighted by molar-refractivity contribution is 0.0751. The molecule has 152 valence electrons. The predicted molar refractivity (Wildman–Crippen MR) is 121 cm³/mol. The number of amides is 1. The van der Waals surface area contributed by atoms with Crippen LogP contribution in [0.2, 0.25) is 0 Å². The van der Waals surface area contributed by atoms with E-state index in [9.17, 15) is 4.79 Å². The zero-order valence-electron chi connectivity index (χ0n) is 17.1. The lowest BCUT2D eigenvalue weighted by Gasteiger charge is -2.35. The van der Waals surface area contributed by atoms with Crippen LogP contribution in [0.1, 0.15) is 20.9 Å². The molecule has 1 aromatic carbocycles. The minimum absolute atomic E-state index is 0.103. The summed E-state index contributed by atoms with van der Waals surface area (Å²) in [6.07, 6.45) is 1.81. The number of fused-ring (bicyclic) bond motifs is 1. The van der Waals surface area contributed by atoms with Gasteiger partial charge in [-0.15, -0.1) is 11.3 Å². The van der Waals surface area contributed by atoms with Gasteiger partial charge in [0, 0.05) is 37.8 Å². The minimum Gasteiger partial charge on any atom is -0.353 e. The van der Waals surface area contributed by atoms with Crippen LogP contribution < -0.4 is 4.90 Å². The number of anilines is 1. The molecular formula is C23H23N5OS. The molecule has 1 fully saturated rings. The van der Waals surface area contributed by atoms with Crippen molar-refractivity contribution in [3.8, 4) is 5.69 Å². The van der Waals surface area contributed by atoms with Gasteiger partial charge >= 0.3 is 0 Å². The fourth-order valence-electron chi connectivity index (χ4n) is 3.85. The van der Waals surface area contributed by atoms with Crippen molar-refractivity contribution in [2.24, 2.45) is 0 Å². The van der Waals surface area contributed by atoms with Crippen LogP contribution in [0.4, 0.5) is 5.82 Å². The first-order chi connectivity index (χ1) is 14.6. The number of rotatable bonds is 3. The van der Waals surface area contributed by atoms with Crippen LogP contribution in [0.25, 0.3) is 15.9 Å². The number of aromatic nitrogens is 3. The van der Waals surface area contributed by atoms with Crippen LogP contribution in [0.5, 0.6) is 0 Å². The minimum atomic E-state index is 0.103. The Morgan fingerprint density at radius 3 is 2.47 bits per heavy atom. The highest BCUT2D eigenvalue weighted by Gasteiger charge is 2.25. The highest BCUT2D eigenvalue weighted by atomic mass is 32.1. The van der Waals surface area contributed by atoms with Crippen LogP contribution in [-0.2, 0) is 0 Å². The van der Waals surface area contributed by atoms with Gasteiger partial charge in [0.05, 0.1) is 16.3 Å². The van der Waals surface area contributed by atoms with Crippen molar-refractivity contribution in [3.63, 3.8) is 0 Å². The molecule has 6 nitrogen and oxygen atoms in total. The van der Waals surface area contributed by atoms with Gasteiger partial charge in [0.1, 0.15) is 10.6 Å². The molecule has 30 heavy (non-hydrogen) atoms. The molecule has 0 radical (unpaired) electrons. The number of benzene rings is 1. The second-order valence-corrected chi connectivity index (χ2v) is 8.66. The third kappa shape index (κ3) is 3.35. The first kappa shape index (κ1) is 18.8. The van der Waals surface area contributed by atoms with Crippen molar-refractivity contribution in [1.29, 1.82) is 0 Å². The van der Waals surface area contributed by atoms with Crippen LogP contribution in [-0.4, -0.2) is 51.8 Å². The van der Waals surface area contributed by atoms with Crippen molar-refractivity contribution in [2.75, 3.05) is 31.1 Å². The molecule has 0 saturated carbocycles. The SMILES string of the molecule is Cc1ccc(-n2nc(C)c3cc(C(=O)N4CCN(c5ccccn5)CC4)sc32)cc1. The second kappa shape index (κ2) is 7.57. The lowest BCUT2D eigenvalue weighted by Crippen LogP contribution is -2.48. The zero-order chi connectivity index (χ0) is 20.7. The summed E-state index contributed by atoms with van der Waals surface area (Å²) in [5.41, 5.74) is 3.18. The molecule has 1 aliphatic heterocycles. The summed E-state index contributed by atoms with van der Waals surface area (Å²) in [7, 11) is 0. The summed E-state index contributed by atoms with van der Waals surface area (Å²) >= 11 is 1.53. The number of nitrogens with zero attached hydrogens (tertiary/aromatic N) is 5. The van der Waals surface area contributed by atoms with Crippen LogP contribution in [0.3, 0.4) is 0 Å². The Balaban J connectivity index is 1.37. The molecule has 0 atom stereocenters. The number of thiophene rings is 1. The van der Waals surface area contributed by atoms with Crippen molar-refractivity contribution >= 4 is 33.3 Å². The standard InChI is InChI=1S/C23H23N5OS/c1-16-6-8-18(9-7-16)28-23-19(17(2)25-28)15-20(30-23)22(29)27-13-11-26(12-14-27)21-5-3-4-10-24-21/h3-10,15H,11-14H2,1-2H3. The molecule has 7 heteroatoms. The van der Waals surface area contributed by atoms with E-state index in [1.807, 2.05) is 47.0 Å². The Hall–Kier alpha value is -3.19. The Bertz CT molecular complexity index is 1190. The Kier molecular flexibility index (Phi) is 4.75. The highest BCUT2D eigenvalue weighted by molar-refractivity contribution is 7.20. The average Bonchev–Trinajstić information content (AvgIpc) is 3.35. The number of hydrogen-bond donors (Lipinski definition) is 0. The van der Waals surface area contributed by atoms with Gasteiger partial charge in [-0.25, -0.2) is 9.67 Å². The number of pyridine rings is 1. The first-order valence-corrected chi connectivity index (χ1v) is 10.9. The quantitative estimate of drug-likeness (QED) is 0.504. The summed E-state index contributed by atoms with van der Waals surface area (Å²) in [6.45, 7) is 7.07. The molecule has 3 aromatic heterocycles. The van der Waals surface area contributed by atoms with Crippen LogP contribution in [0, 0.1) is 13.8 Å². The Morgan fingerprint density at radius 1 is 1.00 bits per heavy atom. The fraction of sp³-hybridized carbons (Fsp3) is 0.261. The number of piperazine rings is 1. The molecule has 5 rings (SSSR count). The van der Waals surface area contributed by atoms with Crippen molar-refractivity contribution in [1.82, 2.24) is 19.7 Å². The molecule has 0 unspecified atom stereocenters. The van der Waals surface area contributed by atoms with E-state index in [1.165, 1.54) is 16.9 Å². The first-order valence-electron chi connectivity index (χ1n) is 10.1. The van der Waals surface area contributed by atoms with Gasteiger partial charge in [0.2, 0.25) is 0 Å². The smallest absolute Gasteiger partial charge is 0.264 e. The average molecular weight is 418 g/mol. The second-order valence-electron chi connectivity index (χ2n) is 7.63. The third-order valence-electron chi connectivity index (χ3n) is 5.57. The van der Waals surface area contributed by atoms with E-state index in [4.69, 9.17) is 5.10 Å². The molecule has 0 bridgehead atoms. The monoisotopic (exact) mass is 417 g/mol. The maximum Gasteiger partial charge on any atom is 0.264 e. The molecule has 1 aliphatic rings. The van der Waals surface area contributed by atoms with Crippen molar-refractivity contribution < 1.29 is 4.79 Å². The van der Waals surface area contributed by atoms with Gasteiger partial charge in [-0.3, -0.25) is 4.79 Å². The van der Waals surface area contributed by atoms with Gasteiger partial charge in [0.15, 0.2) is 0 Å². The third-order valence-corrected chi connectivity index (χ3v) is 6.67. The molecule has 4 heterocycles. The zero-order valence-corrected chi connectivity index (χ0v) is 17.9.